The van der Waals surface area contributed by atoms with Gasteiger partial charge in [-0.05, 0) is 69.4 Å². The van der Waals surface area contributed by atoms with Crippen LogP contribution in [0.3, 0.4) is 0 Å². The SMILES string of the molecule is CCCNc1nc(Nc2ccc(C(N)=O)cc2)ncc1C(=O)Nc1cccc(NC(=O)[C@H](C)N(C)C(=O)C=CCN(C)CC)c1. The Morgan fingerprint density at radius 2 is 1.67 bits per heavy atom. The quantitative estimate of drug-likeness (QED) is 0.160. The summed E-state index contributed by atoms with van der Waals surface area (Å²) < 4.78 is 0. The van der Waals surface area contributed by atoms with Crippen molar-refractivity contribution >= 4 is 52.5 Å². The largest absolute Gasteiger partial charge is 0.369 e. The molecular weight excluding hydrogens is 574 g/mol. The maximum atomic E-state index is 13.3. The Hall–Kier alpha value is -5.30. The molecule has 3 rings (SSSR count). The van der Waals surface area contributed by atoms with E-state index in [0.29, 0.717) is 41.5 Å². The summed E-state index contributed by atoms with van der Waals surface area (Å²) in [5.41, 5.74) is 7.43. The minimum Gasteiger partial charge on any atom is -0.369 e. The molecule has 0 saturated heterocycles. The Morgan fingerprint density at radius 1 is 0.978 bits per heavy atom. The van der Waals surface area contributed by atoms with Gasteiger partial charge in [0.05, 0.1) is 0 Å². The second-order valence-corrected chi connectivity index (χ2v) is 10.4. The van der Waals surface area contributed by atoms with Gasteiger partial charge in [0.1, 0.15) is 17.4 Å². The summed E-state index contributed by atoms with van der Waals surface area (Å²) >= 11 is 0. The Morgan fingerprint density at radius 3 is 2.31 bits per heavy atom. The molecule has 0 bridgehead atoms. The van der Waals surface area contributed by atoms with E-state index in [2.05, 4.69) is 31.2 Å². The molecule has 0 radical (unpaired) electrons. The molecule has 3 aromatic rings. The van der Waals surface area contributed by atoms with Gasteiger partial charge in [-0.1, -0.05) is 26.0 Å². The number of nitrogens with one attached hydrogen (secondary N) is 4. The van der Waals surface area contributed by atoms with E-state index in [9.17, 15) is 19.2 Å². The van der Waals surface area contributed by atoms with Gasteiger partial charge in [-0.3, -0.25) is 19.2 Å². The highest BCUT2D eigenvalue weighted by atomic mass is 16.2. The van der Waals surface area contributed by atoms with Crippen molar-refractivity contribution in [2.75, 3.05) is 55.0 Å². The minimum absolute atomic E-state index is 0.222. The number of aromatic nitrogens is 2. The second kappa shape index (κ2) is 16.5. The molecule has 0 unspecified atom stereocenters. The number of primary amides is 1. The number of amides is 4. The van der Waals surface area contributed by atoms with Crippen LogP contribution < -0.4 is 27.0 Å². The number of hydrogen-bond acceptors (Lipinski definition) is 9. The van der Waals surface area contributed by atoms with Crippen molar-refractivity contribution in [2.24, 2.45) is 5.73 Å². The van der Waals surface area contributed by atoms with Gasteiger partial charge in [0, 0.05) is 55.0 Å². The van der Waals surface area contributed by atoms with Crippen LogP contribution in [0.1, 0.15) is 47.9 Å². The average molecular weight is 616 g/mol. The molecule has 6 N–H and O–H groups in total. The zero-order chi connectivity index (χ0) is 32.9. The highest BCUT2D eigenvalue weighted by Crippen LogP contribution is 2.21. The molecule has 0 aliphatic heterocycles. The number of rotatable bonds is 15. The van der Waals surface area contributed by atoms with Gasteiger partial charge in [0.15, 0.2) is 0 Å². The fraction of sp³-hybridized carbons (Fsp3) is 0.312. The smallest absolute Gasteiger partial charge is 0.260 e. The molecule has 1 atom stereocenters. The van der Waals surface area contributed by atoms with Crippen LogP contribution in [0.15, 0.2) is 66.9 Å². The van der Waals surface area contributed by atoms with E-state index in [1.54, 1.807) is 68.6 Å². The summed E-state index contributed by atoms with van der Waals surface area (Å²) in [5, 5.41) is 11.8. The molecule has 4 amide bonds. The van der Waals surface area contributed by atoms with Crippen LogP contribution in [0.25, 0.3) is 0 Å². The number of hydrogen-bond donors (Lipinski definition) is 5. The molecule has 0 saturated carbocycles. The molecule has 0 spiro atoms. The first-order valence-electron chi connectivity index (χ1n) is 14.6. The van der Waals surface area contributed by atoms with Crippen LogP contribution in [0.5, 0.6) is 0 Å². The third kappa shape index (κ3) is 10.1. The summed E-state index contributed by atoms with van der Waals surface area (Å²) in [6.07, 6.45) is 5.44. The van der Waals surface area contributed by atoms with Gasteiger partial charge >= 0.3 is 0 Å². The Labute approximate surface area is 263 Å². The number of carbonyl (C=O) groups is 4. The summed E-state index contributed by atoms with van der Waals surface area (Å²) in [6.45, 7) is 7.73. The van der Waals surface area contributed by atoms with E-state index in [0.717, 1.165) is 13.0 Å². The summed E-state index contributed by atoms with van der Waals surface area (Å²) in [4.78, 5) is 62.2. The van der Waals surface area contributed by atoms with Crippen molar-refractivity contribution in [1.29, 1.82) is 0 Å². The van der Waals surface area contributed by atoms with Crippen LogP contribution in [-0.4, -0.2) is 83.2 Å². The zero-order valence-corrected chi connectivity index (χ0v) is 26.3. The third-order valence-corrected chi connectivity index (χ3v) is 6.91. The number of benzene rings is 2. The molecule has 13 heteroatoms. The van der Waals surface area contributed by atoms with Gasteiger partial charge in [0.25, 0.3) is 5.91 Å². The fourth-order valence-electron chi connectivity index (χ4n) is 3.90. The van der Waals surface area contributed by atoms with Crippen molar-refractivity contribution in [3.63, 3.8) is 0 Å². The van der Waals surface area contributed by atoms with Crippen LogP contribution in [-0.2, 0) is 9.59 Å². The fourth-order valence-corrected chi connectivity index (χ4v) is 3.90. The molecule has 0 fully saturated rings. The first-order chi connectivity index (χ1) is 21.5. The minimum atomic E-state index is -0.734. The van der Waals surface area contributed by atoms with Crippen molar-refractivity contribution in [1.82, 2.24) is 19.8 Å². The molecule has 45 heavy (non-hydrogen) atoms. The topological polar surface area (TPSA) is 175 Å². The monoisotopic (exact) mass is 615 g/mol. The lowest BCUT2D eigenvalue weighted by molar-refractivity contribution is -0.132. The van der Waals surface area contributed by atoms with E-state index in [4.69, 9.17) is 5.73 Å². The number of carbonyl (C=O) groups excluding carboxylic acids is 4. The van der Waals surface area contributed by atoms with Crippen LogP contribution in [0.2, 0.25) is 0 Å². The summed E-state index contributed by atoms with van der Waals surface area (Å²) in [7, 11) is 3.52. The van der Waals surface area contributed by atoms with E-state index in [1.807, 2.05) is 25.8 Å². The summed E-state index contributed by atoms with van der Waals surface area (Å²) in [6, 6.07) is 12.5. The molecule has 13 nitrogen and oxygen atoms in total. The molecule has 1 aromatic heterocycles. The Bertz CT molecular complexity index is 1530. The average Bonchev–Trinajstić information content (AvgIpc) is 3.03. The van der Waals surface area contributed by atoms with Gasteiger partial charge < -0.3 is 36.8 Å². The van der Waals surface area contributed by atoms with Crippen LogP contribution in [0, 0.1) is 0 Å². The molecule has 0 aliphatic carbocycles. The van der Waals surface area contributed by atoms with Crippen molar-refractivity contribution in [3.05, 3.63) is 78.0 Å². The predicted molar refractivity (Wildman–Crippen MR) is 177 cm³/mol. The van der Waals surface area contributed by atoms with Crippen molar-refractivity contribution in [3.8, 4) is 0 Å². The molecule has 2 aromatic carbocycles. The zero-order valence-electron chi connectivity index (χ0n) is 26.3. The second-order valence-electron chi connectivity index (χ2n) is 10.4. The first-order valence-corrected chi connectivity index (χ1v) is 14.6. The third-order valence-electron chi connectivity index (χ3n) is 6.91. The lowest BCUT2D eigenvalue weighted by Gasteiger charge is -2.23. The highest BCUT2D eigenvalue weighted by molar-refractivity contribution is 6.08. The van der Waals surface area contributed by atoms with Gasteiger partial charge in [-0.2, -0.15) is 4.98 Å². The number of anilines is 5. The van der Waals surface area contributed by atoms with Crippen LogP contribution in [0.4, 0.5) is 28.8 Å². The number of nitrogens with zero attached hydrogens (tertiary/aromatic N) is 4. The lowest BCUT2D eigenvalue weighted by Crippen LogP contribution is -2.42. The molecular formula is C32H41N9O4. The maximum absolute atomic E-state index is 13.3. The van der Waals surface area contributed by atoms with Gasteiger partial charge in [-0.15, -0.1) is 0 Å². The summed E-state index contributed by atoms with van der Waals surface area (Å²) in [5.74, 6) is -1.04. The maximum Gasteiger partial charge on any atom is 0.260 e. The Balaban J connectivity index is 1.68. The molecule has 1 heterocycles. The van der Waals surface area contributed by atoms with Gasteiger partial charge in [-0.25, -0.2) is 4.98 Å². The van der Waals surface area contributed by atoms with Crippen LogP contribution >= 0.6 is 0 Å². The normalized spacial score (nSPS) is 11.6. The standard InChI is InChI=1S/C32H41N9O4/c1-6-17-34-29-26(20-35-32(39-29)38-23-15-13-22(14-16-23)28(33)43)31(45)37-25-11-8-10-24(19-25)36-30(44)21(3)41(5)27(42)12-9-18-40(4)7-2/h8-16,19-21H,6-7,17-18H2,1-5H3,(H2,33,43)(H,36,44)(H,37,45)(H2,34,35,38,39)/t21-/m0/s1. The number of likely N-dealkylation sites (N-methyl/N-ethyl adjacent to an activating group) is 2. The van der Waals surface area contributed by atoms with E-state index >= 15 is 0 Å². The van der Waals surface area contributed by atoms with Gasteiger partial charge in [0.2, 0.25) is 23.7 Å². The van der Waals surface area contributed by atoms with Crippen molar-refractivity contribution < 1.29 is 19.2 Å². The predicted octanol–water partition coefficient (Wildman–Crippen LogP) is 3.69. The molecule has 0 aliphatic rings. The first kappa shape index (κ1) is 34.2. The molecule has 238 valence electrons. The van der Waals surface area contributed by atoms with E-state index in [1.165, 1.54) is 17.2 Å². The number of nitrogens with two attached hydrogens (primary N) is 1. The van der Waals surface area contributed by atoms with E-state index < -0.39 is 17.9 Å². The lowest BCUT2D eigenvalue weighted by atomic mass is 10.2. The highest BCUT2D eigenvalue weighted by Gasteiger charge is 2.21. The van der Waals surface area contributed by atoms with Crippen molar-refractivity contribution in [2.45, 2.75) is 33.2 Å². The van der Waals surface area contributed by atoms with E-state index in [-0.39, 0.29) is 23.3 Å². The Kier molecular flexibility index (Phi) is 12.6.